The Hall–Kier alpha value is -2.00. The molecule has 0 saturated heterocycles. The quantitative estimate of drug-likeness (QED) is 0.466. The van der Waals surface area contributed by atoms with Crippen molar-refractivity contribution in [2.24, 2.45) is 0 Å². The Labute approximate surface area is 172 Å². The standard InChI is InChI=1S/C20H24N2O4S2/c1-13(23)11-21-19(25)15-7-3-5-9-17(15)27-28-18-10-6-4-8-16(18)20(26)22-12-14(2)24/h3-10,13-14,23-24H,11-12H2,1-2H3,(H,21,25)(H,22,26)/t13-,14-/m1/s1. The molecule has 4 N–H and O–H groups in total. The summed E-state index contributed by atoms with van der Waals surface area (Å²) >= 11 is 0. The van der Waals surface area contributed by atoms with Crippen LogP contribution in [0.3, 0.4) is 0 Å². The number of amides is 2. The van der Waals surface area contributed by atoms with E-state index in [-0.39, 0.29) is 24.9 Å². The predicted octanol–water partition coefficient (Wildman–Crippen LogP) is 2.71. The number of aliphatic hydroxyl groups excluding tert-OH is 2. The molecule has 0 spiro atoms. The molecule has 0 radical (unpaired) electrons. The van der Waals surface area contributed by atoms with E-state index in [1.807, 2.05) is 24.3 Å². The van der Waals surface area contributed by atoms with E-state index in [1.165, 1.54) is 21.6 Å². The largest absolute Gasteiger partial charge is 0.392 e. The first-order valence-corrected chi connectivity index (χ1v) is 11.0. The first-order valence-electron chi connectivity index (χ1n) is 8.83. The molecule has 0 saturated carbocycles. The van der Waals surface area contributed by atoms with Crippen molar-refractivity contribution in [3.05, 3.63) is 59.7 Å². The van der Waals surface area contributed by atoms with Crippen LogP contribution < -0.4 is 10.6 Å². The van der Waals surface area contributed by atoms with E-state index in [4.69, 9.17) is 0 Å². The van der Waals surface area contributed by atoms with E-state index < -0.39 is 12.2 Å². The molecule has 2 amide bonds. The van der Waals surface area contributed by atoms with Gasteiger partial charge in [0.2, 0.25) is 0 Å². The normalized spacial score (nSPS) is 12.9. The topological polar surface area (TPSA) is 98.7 Å². The van der Waals surface area contributed by atoms with Crippen molar-refractivity contribution >= 4 is 33.4 Å². The molecule has 0 aliphatic heterocycles. The van der Waals surface area contributed by atoms with Gasteiger partial charge in [-0.25, -0.2) is 0 Å². The van der Waals surface area contributed by atoms with Gasteiger partial charge in [0.25, 0.3) is 11.8 Å². The summed E-state index contributed by atoms with van der Waals surface area (Å²) in [6.07, 6.45) is -1.24. The molecule has 150 valence electrons. The van der Waals surface area contributed by atoms with Gasteiger partial charge in [-0.1, -0.05) is 45.9 Å². The Kier molecular flexibility index (Phi) is 8.85. The Morgan fingerprint density at radius 1 is 0.786 bits per heavy atom. The summed E-state index contributed by atoms with van der Waals surface area (Å²) in [5.41, 5.74) is 1.02. The first kappa shape index (κ1) is 22.3. The van der Waals surface area contributed by atoms with Gasteiger partial charge in [-0.05, 0) is 38.1 Å². The third-order valence-corrected chi connectivity index (χ3v) is 6.08. The highest BCUT2D eigenvalue weighted by atomic mass is 33.1. The van der Waals surface area contributed by atoms with E-state index in [2.05, 4.69) is 10.6 Å². The third-order valence-electron chi connectivity index (χ3n) is 3.60. The lowest BCUT2D eigenvalue weighted by Gasteiger charge is -2.12. The van der Waals surface area contributed by atoms with Crippen LogP contribution >= 0.6 is 21.6 Å². The van der Waals surface area contributed by atoms with Crippen LogP contribution in [-0.2, 0) is 0 Å². The molecular formula is C20H24N2O4S2. The first-order chi connectivity index (χ1) is 13.4. The average molecular weight is 421 g/mol. The molecule has 0 aliphatic rings. The second kappa shape index (κ2) is 11.1. The monoisotopic (exact) mass is 420 g/mol. The molecule has 2 aromatic carbocycles. The molecule has 0 bridgehead atoms. The minimum Gasteiger partial charge on any atom is -0.392 e. The van der Waals surface area contributed by atoms with Crippen molar-refractivity contribution in [3.8, 4) is 0 Å². The number of rotatable bonds is 9. The zero-order valence-corrected chi connectivity index (χ0v) is 17.3. The summed E-state index contributed by atoms with van der Waals surface area (Å²) in [6.45, 7) is 3.57. The summed E-state index contributed by atoms with van der Waals surface area (Å²) in [5, 5.41) is 24.1. The Morgan fingerprint density at radius 3 is 1.50 bits per heavy atom. The van der Waals surface area contributed by atoms with Gasteiger partial charge in [0.05, 0.1) is 23.3 Å². The van der Waals surface area contributed by atoms with Crippen LogP contribution in [0, 0.1) is 0 Å². The molecule has 0 heterocycles. The minimum absolute atomic E-state index is 0.178. The lowest BCUT2D eigenvalue weighted by molar-refractivity contribution is 0.0915. The van der Waals surface area contributed by atoms with Crippen molar-refractivity contribution in [2.45, 2.75) is 35.8 Å². The van der Waals surface area contributed by atoms with E-state index >= 15 is 0 Å². The number of benzene rings is 2. The van der Waals surface area contributed by atoms with Crippen LogP contribution in [0.2, 0.25) is 0 Å². The van der Waals surface area contributed by atoms with Crippen molar-refractivity contribution in [3.63, 3.8) is 0 Å². The fourth-order valence-corrected chi connectivity index (χ4v) is 4.57. The van der Waals surface area contributed by atoms with Crippen molar-refractivity contribution in [2.75, 3.05) is 13.1 Å². The summed E-state index contributed by atoms with van der Waals surface area (Å²) in [7, 11) is 2.77. The lowest BCUT2D eigenvalue weighted by atomic mass is 10.2. The van der Waals surface area contributed by atoms with Crippen LogP contribution in [0.15, 0.2) is 58.3 Å². The lowest BCUT2D eigenvalue weighted by Crippen LogP contribution is -2.30. The number of carbonyl (C=O) groups excluding carboxylic acids is 2. The molecule has 28 heavy (non-hydrogen) atoms. The highest BCUT2D eigenvalue weighted by Gasteiger charge is 2.15. The van der Waals surface area contributed by atoms with Gasteiger partial charge in [-0.2, -0.15) is 0 Å². The fourth-order valence-electron chi connectivity index (χ4n) is 2.21. The van der Waals surface area contributed by atoms with Crippen molar-refractivity contribution in [1.29, 1.82) is 0 Å². The highest BCUT2D eigenvalue weighted by Crippen LogP contribution is 2.40. The number of hydrogen-bond donors (Lipinski definition) is 4. The molecular weight excluding hydrogens is 396 g/mol. The van der Waals surface area contributed by atoms with Gasteiger partial charge in [0, 0.05) is 22.9 Å². The van der Waals surface area contributed by atoms with Gasteiger partial charge in [-0.15, -0.1) is 0 Å². The second-order valence-electron chi connectivity index (χ2n) is 6.28. The molecule has 0 aromatic heterocycles. The van der Waals surface area contributed by atoms with Crippen molar-refractivity contribution in [1.82, 2.24) is 10.6 Å². The maximum atomic E-state index is 12.4. The summed E-state index contributed by atoms with van der Waals surface area (Å²) < 4.78 is 0. The minimum atomic E-state index is -0.620. The van der Waals surface area contributed by atoms with Crippen LogP contribution in [0.4, 0.5) is 0 Å². The molecule has 0 aliphatic carbocycles. The number of aliphatic hydroxyl groups is 2. The Balaban J connectivity index is 2.11. The van der Waals surface area contributed by atoms with Gasteiger partial charge in [0.15, 0.2) is 0 Å². The molecule has 6 nitrogen and oxygen atoms in total. The molecule has 2 rings (SSSR count). The van der Waals surface area contributed by atoms with Gasteiger partial charge >= 0.3 is 0 Å². The smallest absolute Gasteiger partial charge is 0.252 e. The average Bonchev–Trinajstić information content (AvgIpc) is 2.69. The highest BCUT2D eigenvalue weighted by molar-refractivity contribution is 8.76. The number of nitrogens with one attached hydrogen (secondary N) is 2. The van der Waals surface area contributed by atoms with Crippen molar-refractivity contribution < 1.29 is 19.8 Å². The number of hydrogen-bond acceptors (Lipinski definition) is 6. The second-order valence-corrected chi connectivity index (χ2v) is 8.49. The van der Waals surface area contributed by atoms with Gasteiger partial charge < -0.3 is 20.8 Å². The third kappa shape index (κ3) is 6.87. The Morgan fingerprint density at radius 2 is 1.14 bits per heavy atom. The maximum absolute atomic E-state index is 12.4. The summed E-state index contributed by atoms with van der Waals surface area (Å²) in [5.74, 6) is -0.514. The zero-order chi connectivity index (χ0) is 20.5. The summed E-state index contributed by atoms with van der Waals surface area (Å²) in [4.78, 5) is 26.3. The van der Waals surface area contributed by atoms with E-state index in [1.54, 1.807) is 38.1 Å². The number of carbonyl (C=O) groups is 2. The molecule has 8 heteroatoms. The SMILES string of the molecule is C[C@@H](O)CNC(=O)c1ccccc1SSc1ccccc1C(=O)NC[C@@H](C)O. The van der Waals surface area contributed by atoms with Gasteiger partial charge in [0.1, 0.15) is 0 Å². The fraction of sp³-hybridized carbons (Fsp3) is 0.300. The molecule has 2 aromatic rings. The van der Waals surface area contributed by atoms with Gasteiger partial charge in [-0.3, -0.25) is 9.59 Å². The maximum Gasteiger partial charge on any atom is 0.252 e. The van der Waals surface area contributed by atoms with Crippen LogP contribution in [0.1, 0.15) is 34.6 Å². The molecule has 2 atom stereocenters. The predicted molar refractivity (Wildman–Crippen MR) is 113 cm³/mol. The molecule has 0 unspecified atom stereocenters. The van der Waals surface area contributed by atoms with Crippen LogP contribution in [0.5, 0.6) is 0 Å². The zero-order valence-electron chi connectivity index (χ0n) is 15.7. The van der Waals surface area contributed by atoms with Crippen LogP contribution in [0.25, 0.3) is 0 Å². The van der Waals surface area contributed by atoms with E-state index in [0.29, 0.717) is 11.1 Å². The Bertz CT molecular complexity index is 745. The summed E-state index contributed by atoms with van der Waals surface area (Å²) in [6, 6.07) is 14.4. The molecule has 0 fully saturated rings. The van der Waals surface area contributed by atoms with Crippen LogP contribution in [-0.4, -0.2) is 47.3 Å². The van der Waals surface area contributed by atoms with E-state index in [9.17, 15) is 19.8 Å². The van der Waals surface area contributed by atoms with E-state index in [0.717, 1.165) is 9.79 Å².